The fourth-order valence-electron chi connectivity index (χ4n) is 5.80. The molecule has 3 aromatic carbocycles. The molecule has 0 amide bonds. The van der Waals surface area contributed by atoms with Crippen LogP contribution in [0.2, 0.25) is 0 Å². The molecule has 0 bridgehead atoms. The summed E-state index contributed by atoms with van der Waals surface area (Å²) in [6, 6.07) is 13.4. The van der Waals surface area contributed by atoms with E-state index in [9.17, 15) is 13.2 Å². The van der Waals surface area contributed by atoms with Crippen molar-refractivity contribution in [1.29, 1.82) is 0 Å². The summed E-state index contributed by atoms with van der Waals surface area (Å²) < 4.78 is 64.8. The van der Waals surface area contributed by atoms with Crippen molar-refractivity contribution >= 4 is 22.3 Å². The number of methoxy groups -OCH3 is 2. The molecule has 6 rings (SSSR count). The highest BCUT2D eigenvalue weighted by Gasteiger charge is 2.33. The van der Waals surface area contributed by atoms with Gasteiger partial charge in [0.15, 0.2) is 23.0 Å². The van der Waals surface area contributed by atoms with Gasteiger partial charge in [0.25, 0.3) is 0 Å². The number of hydrogen-bond donors (Lipinski definition) is 0. The molecule has 0 spiro atoms. The quantitative estimate of drug-likeness (QED) is 0.248. The van der Waals surface area contributed by atoms with E-state index < -0.39 is 11.7 Å². The van der Waals surface area contributed by atoms with Crippen LogP contribution in [-0.2, 0) is 19.1 Å². The minimum atomic E-state index is -4.38. The van der Waals surface area contributed by atoms with Crippen LogP contribution in [0.3, 0.4) is 0 Å². The maximum Gasteiger partial charge on any atom is 0.416 e. The Balaban J connectivity index is 1.35. The first-order valence-electron chi connectivity index (χ1n) is 14.0. The van der Waals surface area contributed by atoms with Gasteiger partial charge >= 0.3 is 6.18 Å². The van der Waals surface area contributed by atoms with Crippen molar-refractivity contribution < 1.29 is 32.1 Å². The Labute approximate surface area is 242 Å². The zero-order valence-corrected chi connectivity index (χ0v) is 23.8. The third-order valence-corrected chi connectivity index (χ3v) is 7.83. The van der Waals surface area contributed by atoms with E-state index in [-0.39, 0.29) is 6.79 Å². The standard InChI is InChI=1S/C31H33F3N4O4/c1-4-6-23-28-24(38(35-23)18-20-9-10-25(39-2)26(15-20)40-3)17-27-30(42-19-41-27)29(28)37-13-11-36(12-14-37)22-8-5-7-21(16-22)31(32,33)34/h5,7-10,15-17H,4,6,11-14,18-19H2,1-3H3. The van der Waals surface area contributed by atoms with Crippen LogP contribution in [0.1, 0.15) is 30.2 Å². The number of aromatic nitrogens is 2. The van der Waals surface area contributed by atoms with Crippen molar-refractivity contribution in [3.05, 3.63) is 65.4 Å². The summed E-state index contributed by atoms with van der Waals surface area (Å²) in [4.78, 5) is 4.25. The van der Waals surface area contributed by atoms with E-state index in [2.05, 4.69) is 11.8 Å². The lowest BCUT2D eigenvalue weighted by Gasteiger charge is -2.38. The number of fused-ring (bicyclic) bond motifs is 2. The van der Waals surface area contributed by atoms with Gasteiger partial charge in [0.2, 0.25) is 6.79 Å². The molecule has 0 radical (unpaired) electrons. The molecule has 0 aliphatic carbocycles. The fraction of sp³-hybridized carbons (Fsp3) is 0.387. The number of halogens is 3. The van der Waals surface area contributed by atoms with Gasteiger partial charge < -0.3 is 28.7 Å². The number of alkyl halides is 3. The van der Waals surface area contributed by atoms with Crippen LogP contribution >= 0.6 is 0 Å². The van der Waals surface area contributed by atoms with E-state index in [1.54, 1.807) is 20.3 Å². The summed E-state index contributed by atoms with van der Waals surface area (Å²) in [6.07, 6.45) is -2.68. The van der Waals surface area contributed by atoms with E-state index in [0.29, 0.717) is 61.4 Å². The lowest BCUT2D eigenvalue weighted by atomic mass is 10.1. The third-order valence-electron chi connectivity index (χ3n) is 7.83. The molecule has 11 heteroatoms. The molecular weight excluding hydrogens is 549 g/mol. The van der Waals surface area contributed by atoms with Crippen molar-refractivity contribution in [3.8, 4) is 23.0 Å². The molecule has 0 N–H and O–H groups in total. The first-order valence-corrected chi connectivity index (χ1v) is 14.0. The molecule has 2 aliphatic rings. The molecule has 1 fully saturated rings. The summed E-state index contributed by atoms with van der Waals surface area (Å²) in [5.74, 6) is 2.66. The highest BCUT2D eigenvalue weighted by Crippen LogP contribution is 2.48. The molecule has 42 heavy (non-hydrogen) atoms. The first-order chi connectivity index (χ1) is 20.3. The highest BCUT2D eigenvalue weighted by molar-refractivity contribution is 6.00. The second-order valence-electron chi connectivity index (χ2n) is 10.4. The van der Waals surface area contributed by atoms with Crippen molar-refractivity contribution in [2.75, 3.05) is 57.0 Å². The Morgan fingerprint density at radius 3 is 2.38 bits per heavy atom. The molecule has 1 aromatic heterocycles. The molecule has 222 valence electrons. The minimum Gasteiger partial charge on any atom is -0.493 e. The van der Waals surface area contributed by atoms with Gasteiger partial charge in [0, 0.05) is 37.9 Å². The van der Waals surface area contributed by atoms with Gasteiger partial charge in [0.05, 0.1) is 48.6 Å². The van der Waals surface area contributed by atoms with Gasteiger partial charge in [-0.05, 0) is 42.3 Å². The van der Waals surface area contributed by atoms with E-state index in [1.807, 2.05) is 33.8 Å². The summed E-state index contributed by atoms with van der Waals surface area (Å²) in [5, 5.41) is 6.08. The van der Waals surface area contributed by atoms with Crippen LogP contribution in [0.15, 0.2) is 48.5 Å². The lowest BCUT2D eigenvalue weighted by molar-refractivity contribution is -0.137. The fourth-order valence-corrected chi connectivity index (χ4v) is 5.80. The largest absolute Gasteiger partial charge is 0.493 e. The average Bonchev–Trinajstić information content (AvgIpc) is 3.60. The topological polar surface area (TPSA) is 61.2 Å². The van der Waals surface area contributed by atoms with E-state index in [4.69, 9.17) is 24.0 Å². The van der Waals surface area contributed by atoms with Crippen molar-refractivity contribution in [1.82, 2.24) is 9.78 Å². The zero-order chi connectivity index (χ0) is 29.4. The second-order valence-corrected chi connectivity index (χ2v) is 10.4. The molecular formula is C31H33F3N4O4. The molecule has 2 aliphatic heterocycles. The number of rotatable bonds is 8. The summed E-state index contributed by atoms with van der Waals surface area (Å²) >= 11 is 0. The normalized spacial score (nSPS) is 15.0. The number of aryl methyl sites for hydroxylation is 1. The molecule has 8 nitrogen and oxygen atoms in total. The van der Waals surface area contributed by atoms with Crippen LogP contribution < -0.4 is 28.7 Å². The van der Waals surface area contributed by atoms with Gasteiger partial charge in [-0.3, -0.25) is 4.68 Å². The predicted molar refractivity (Wildman–Crippen MR) is 154 cm³/mol. The summed E-state index contributed by atoms with van der Waals surface area (Å²) in [6.45, 7) is 5.12. The van der Waals surface area contributed by atoms with E-state index in [1.165, 1.54) is 12.1 Å². The maximum absolute atomic E-state index is 13.3. The molecule has 0 unspecified atom stereocenters. The number of ether oxygens (including phenoxy) is 4. The minimum absolute atomic E-state index is 0.130. The molecule has 4 aromatic rings. The van der Waals surface area contributed by atoms with Crippen LogP contribution in [0.25, 0.3) is 10.9 Å². The monoisotopic (exact) mass is 582 g/mol. The molecule has 1 saturated heterocycles. The average molecular weight is 583 g/mol. The van der Waals surface area contributed by atoms with Crippen LogP contribution in [0.4, 0.5) is 24.5 Å². The predicted octanol–water partition coefficient (Wildman–Crippen LogP) is 6.13. The Morgan fingerprint density at radius 1 is 0.905 bits per heavy atom. The summed E-state index contributed by atoms with van der Waals surface area (Å²) in [7, 11) is 3.23. The molecule has 3 heterocycles. The van der Waals surface area contributed by atoms with Crippen molar-refractivity contribution in [2.24, 2.45) is 0 Å². The molecule has 0 atom stereocenters. The Morgan fingerprint density at radius 2 is 1.67 bits per heavy atom. The number of piperazine rings is 1. The number of anilines is 2. The van der Waals surface area contributed by atoms with Gasteiger partial charge in [0.1, 0.15) is 0 Å². The Bertz CT molecular complexity index is 1600. The van der Waals surface area contributed by atoms with Gasteiger partial charge in [-0.15, -0.1) is 0 Å². The smallest absolute Gasteiger partial charge is 0.416 e. The van der Waals surface area contributed by atoms with Gasteiger partial charge in [-0.2, -0.15) is 18.3 Å². The lowest BCUT2D eigenvalue weighted by Crippen LogP contribution is -2.46. The third kappa shape index (κ3) is 5.12. The van der Waals surface area contributed by atoms with Crippen LogP contribution in [-0.4, -0.2) is 57.0 Å². The zero-order valence-electron chi connectivity index (χ0n) is 23.8. The van der Waals surface area contributed by atoms with Crippen molar-refractivity contribution in [2.45, 2.75) is 32.5 Å². The first kappa shape index (κ1) is 27.9. The van der Waals surface area contributed by atoms with E-state index >= 15 is 0 Å². The van der Waals surface area contributed by atoms with Gasteiger partial charge in [-0.25, -0.2) is 0 Å². The highest BCUT2D eigenvalue weighted by atomic mass is 19.4. The number of hydrogen-bond acceptors (Lipinski definition) is 7. The maximum atomic E-state index is 13.3. The second kappa shape index (κ2) is 11.2. The SMILES string of the molecule is CCCc1nn(Cc2ccc(OC)c(OC)c2)c2cc3c(c(N4CCN(c5cccc(C(F)(F)F)c5)CC4)c12)OCO3. The summed E-state index contributed by atoms with van der Waals surface area (Å²) in [5.41, 5.74) is 3.79. The number of benzene rings is 3. The Kier molecular flexibility index (Phi) is 7.42. The van der Waals surface area contributed by atoms with E-state index in [0.717, 1.165) is 46.8 Å². The number of nitrogens with zero attached hydrogens (tertiary/aromatic N) is 4. The van der Waals surface area contributed by atoms with Crippen LogP contribution in [0.5, 0.6) is 23.0 Å². The Hall–Kier alpha value is -4.28. The van der Waals surface area contributed by atoms with Gasteiger partial charge in [-0.1, -0.05) is 25.5 Å². The molecule has 0 saturated carbocycles. The van der Waals surface area contributed by atoms with Crippen LogP contribution in [0, 0.1) is 0 Å². The van der Waals surface area contributed by atoms with Crippen molar-refractivity contribution in [3.63, 3.8) is 0 Å².